The lowest BCUT2D eigenvalue weighted by atomic mass is 10.0. The summed E-state index contributed by atoms with van der Waals surface area (Å²) >= 11 is 0. The number of carboxylic acid groups (broad SMARTS) is 2. The highest BCUT2D eigenvalue weighted by molar-refractivity contribution is 5.98. The molecule has 0 saturated carbocycles. The van der Waals surface area contributed by atoms with Crippen LogP contribution in [0.25, 0.3) is 0 Å². The summed E-state index contributed by atoms with van der Waals surface area (Å²) in [4.78, 5) is 117. The van der Waals surface area contributed by atoms with E-state index in [4.69, 9.17) is 10.8 Å². The summed E-state index contributed by atoms with van der Waals surface area (Å²) in [5.74, 6) is -10.6. The van der Waals surface area contributed by atoms with E-state index in [1.165, 1.54) is 31.2 Å². The van der Waals surface area contributed by atoms with Gasteiger partial charge in [-0.15, -0.1) is 0 Å². The first kappa shape index (κ1) is 53.9. The molecule has 23 nitrogen and oxygen atoms in total. The van der Waals surface area contributed by atoms with Crippen LogP contribution >= 0.6 is 0 Å². The fourth-order valence-electron chi connectivity index (χ4n) is 6.40. The van der Waals surface area contributed by atoms with Crippen molar-refractivity contribution in [2.45, 2.75) is 94.0 Å². The number of hydrogen-bond donors (Lipinski definition) is 14. The Labute approximate surface area is 383 Å². The monoisotopic (exact) mass is 936 g/mol. The average Bonchev–Trinajstić information content (AvgIpc) is 3.28. The molecule has 3 rings (SSSR count). The molecule has 0 aliphatic carbocycles. The van der Waals surface area contributed by atoms with Crippen LogP contribution in [0.1, 0.15) is 37.0 Å². The third kappa shape index (κ3) is 17.8. The predicted octanol–water partition coefficient (Wildman–Crippen LogP) is -3.91. The van der Waals surface area contributed by atoms with Gasteiger partial charge in [-0.3, -0.25) is 38.4 Å². The Balaban J connectivity index is 1.84. The normalized spacial score (nSPS) is 15.0. The number of amides is 7. The second kappa shape index (κ2) is 26.5. The van der Waals surface area contributed by atoms with E-state index in [1.807, 2.05) is 0 Å². The summed E-state index contributed by atoms with van der Waals surface area (Å²) in [6, 6.07) is 10.1. The third-order valence-electron chi connectivity index (χ3n) is 9.98. The Kier molecular flexibility index (Phi) is 21.3. The Morgan fingerprint density at radius 1 is 0.493 bits per heavy atom. The van der Waals surface area contributed by atoms with Crippen LogP contribution in [0.3, 0.4) is 0 Å². The summed E-state index contributed by atoms with van der Waals surface area (Å²) in [7, 11) is 0. The van der Waals surface area contributed by atoms with Crippen LogP contribution in [-0.4, -0.2) is 152 Å². The van der Waals surface area contributed by atoms with Crippen molar-refractivity contribution in [3.8, 4) is 5.75 Å². The van der Waals surface area contributed by atoms with Crippen LogP contribution in [0.2, 0.25) is 0 Å². The molecule has 23 heteroatoms. The van der Waals surface area contributed by atoms with Gasteiger partial charge in [0.1, 0.15) is 48.0 Å². The fourth-order valence-corrected chi connectivity index (χ4v) is 6.40. The van der Waals surface area contributed by atoms with Crippen molar-refractivity contribution < 1.29 is 73.8 Å². The van der Waals surface area contributed by atoms with Crippen LogP contribution in [0.4, 0.5) is 0 Å². The molecule has 7 amide bonds. The first-order valence-corrected chi connectivity index (χ1v) is 20.8. The molecule has 0 aliphatic rings. The topological polar surface area (TPSA) is 385 Å². The van der Waals surface area contributed by atoms with Crippen molar-refractivity contribution in [2.24, 2.45) is 5.73 Å². The second-order valence-electron chi connectivity index (χ2n) is 15.4. The van der Waals surface area contributed by atoms with Crippen LogP contribution < -0.4 is 43.0 Å². The maximum absolute atomic E-state index is 14.0. The Morgan fingerprint density at radius 3 is 1.24 bits per heavy atom. The van der Waals surface area contributed by atoms with Gasteiger partial charge in [0.15, 0.2) is 0 Å². The molecule has 0 aliphatic heterocycles. The van der Waals surface area contributed by atoms with E-state index in [1.54, 1.807) is 60.7 Å². The first-order chi connectivity index (χ1) is 31.7. The van der Waals surface area contributed by atoms with Gasteiger partial charge in [0.05, 0.1) is 31.8 Å². The van der Waals surface area contributed by atoms with Crippen LogP contribution in [-0.2, 0) is 62.4 Å². The smallest absolute Gasteiger partial charge is 0.326 e. The number of benzene rings is 3. The van der Waals surface area contributed by atoms with Crippen LogP contribution in [0.5, 0.6) is 5.75 Å². The molecule has 0 spiro atoms. The lowest BCUT2D eigenvalue weighted by molar-refractivity contribution is -0.147. The van der Waals surface area contributed by atoms with Crippen molar-refractivity contribution in [3.05, 3.63) is 102 Å². The summed E-state index contributed by atoms with van der Waals surface area (Å²) in [5.41, 5.74) is 6.90. The van der Waals surface area contributed by atoms with Gasteiger partial charge in [-0.25, -0.2) is 4.79 Å². The van der Waals surface area contributed by atoms with Gasteiger partial charge >= 0.3 is 11.9 Å². The van der Waals surface area contributed by atoms with Crippen molar-refractivity contribution in [2.75, 3.05) is 13.2 Å². The largest absolute Gasteiger partial charge is 0.508 e. The maximum atomic E-state index is 14.0. The quantitative estimate of drug-likeness (QED) is 0.0366. The average molecular weight is 937 g/mol. The molecule has 0 bridgehead atoms. The molecule has 0 radical (unpaired) electrons. The van der Waals surface area contributed by atoms with E-state index in [0.717, 1.165) is 6.92 Å². The number of phenols is 1. The minimum atomic E-state index is -1.89. The summed E-state index contributed by atoms with van der Waals surface area (Å²) in [6.07, 6.45) is -4.92. The SMILES string of the molecule is C[C@@H](O)[C@H](NC(=O)[C@H](Cc1ccccc1)NC(=O)[C@@H](NC(=O)[C@H](Cc1ccc(O)cc1)NC(=O)CN)[C@@H](C)O)C(=O)N[C@@H](CO)C(=O)N[C@@H](Cc1ccccc1)C(=O)N[C@@H](CC(=O)O)C(=O)O. The number of phenolic OH excluding ortho intramolecular Hbond substituents is 1. The zero-order valence-electron chi connectivity index (χ0n) is 36.5. The molecule has 0 aromatic heterocycles. The molecule has 3 aromatic carbocycles. The molecule has 0 heterocycles. The zero-order valence-corrected chi connectivity index (χ0v) is 36.5. The van der Waals surface area contributed by atoms with Gasteiger partial charge < -0.3 is 73.6 Å². The highest BCUT2D eigenvalue weighted by Gasteiger charge is 2.36. The van der Waals surface area contributed by atoms with Crippen molar-refractivity contribution in [3.63, 3.8) is 0 Å². The van der Waals surface area contributed by atoms with Crippen molar-refractivity contribution in [1.82, 2.24) is 37.2 Å². The number of aliphatic hydroxyl groups is 3. The highest BCUT2D eigenvalue weighted by Crippen LogP contribution is 2.13. The number of carbonyl (C=O) groups is 9. The molecule has 0 unspecified atom stereocenters. The van der Waals surface area contributed by atoms with Gasteiger partial charge in [0.2, 0.25) is 41.4 Å². The van der Waals surface area contributed by atoms with Crippen molar-refractivity contribution in [1.29, 1.82) is 0 Å². The number of carbonyl (C=O) groups excluding carboxylic acids is 7. The minimum Gasteiger partial charge on any atom is -0.508 e. The third-order valence-corrected chi connectivity index (χ3v) is 9.98. The molecule has 15 N–H and O–H groups in total. The van der Waals surface area contributed by atoms with Crippen molar-refractivity contribution >= 4 is 53.3 Å². The standard InChI is InChI=1S/C44H56N8O15/c1-23(54)36(51-39(61)29(46-34(57)21-45)19-27-13-15-28(56)16-14-27)42(64)48-31(18-26-11-7-4-8-12-26)40(62)52-37(24(2)55)43(65)50-33(22-53)41(63)47-30(17-25-9-5-3-6-10-25)38(60)49-32(44(66)67)20-35(58)59/h3-16,23-24,29-33,36-37,53-56H,17-22,45H2,1-2H3,(H,46,57)(H,47,63)(H,48,64)(H,49,60)(H,50,65)(H,51,61)(H,52,62)(H,58,59)(H,66,67)/t23-,24-,29+,30+,31+,32+,33+,36+,37+/m1/s1. The van der Waals surface area contributed by atoms with Crippen LogP contribution in [0, 0.1) is 0 Å². The first-order valence-electron chi connectivity index (χ1n) is 20.8. The molecular formula is C44H56N8O15. The van der Waals surface area contributed by atoms with Gasteiger partial charge in [-0.1, -0.05) is 72.8 Å². The molecule has 362 valence electrons. The van der Waals surface area contributed by atoms with Gasteiger partial charge in [0.25, 0.3) is 0 Å². The Morgan fingerprint density at radius 2 is 0.851 bits per heavy atom. The van der Waals surface area contributed by atoms with Crippen LogP contribution in [0.15, 0.2) is 84.9 Å². The summed E-state index contributed by atoms with van der Waals surface area (Å²) < 4.78 is 0. The Hall–Kier alpha value is -7.47. The molecule has 3 aromatic rings. The molecule has 9 atom stereocenters. The summed E-state index contributed by atoms with van der Waals surface area (Å²) in [5, 5.41) is 76.0. The number of rotatable bonds is 26. The van der Waals surface area contributed by atoms with E-state index >= 15 is 0 Å². The molecule has 0 fully saturated rings. The lowest BCUT2D eigenvalue weighted by Crippen LogP contribution is -2.63. The van der Waals surface area contributed by atoms with Gasteiger partial charge in [-0.05, 0) is 42.7 Å². The van der Waals surface area contributed by atoms with Gasteiger partial charge in [0, 0.05) is 19.3 Å². The van der Waals surface area contributed by atoms with E-state index in [9.17, 15) is 68.7 Å². The summed E-state index contributed by atoms with van der Waals surface area (Å²) in [6.45, 7) is 0.696. The maximum Gasteiger partial charge on any atom is 0.326 e. The van der Waals surface area contributed by atoms with E-state index < -0.39 is 127 Å². The number of aromatic hydroxyl groups is 1. The number of nitrogens with two attached hydrogens (primary N) is 1. The lowest BCUT2D eigenvalue weighted by Gasteiger charge is -2.29. The number of nitrogens with one attached hydrogen (secondary N) is 7. The molecular weight excluding hydrogens is 881 g/mol. The number of aliphatic carboxylic acids is 2. The molecule has 67 heavy (non-hydrogen) atoms. The second-order valence-corrected chi connectivity index (χ2v) is 15.4. The van der Waals surface area contributed by atoms with E-state index in [0.29, 0.717) is 16.7 Å². The van der Waals surface area contributed by atoms with Gasteiger partial charge in [-0.2, -0.15) is 0 Å². The Bertz CT molecular complexity index is 2180. The number of carboxylic acids is 2. The molecule has 0 saturated heterocycles. The number of hydrogen-bond acceptors (Lipinski definition) is 14. The fraction of sp³-hybridized carbons (Fsp3) is 0.386. The predicted molar refractivity (Wildman–Crippen MR) is 235 cm³/mol. The number of aliphatic hydroxyl groups excluding tert-OH is 3. The van der Waals surface area contributed by atoms with E-state index in [-0.39, 0.29) is 25.0 Å². The highest BCUT2D eigenvalue weighted by atomic mass is 16.4. The zero-order chi connectivity index (χ0) is 49.8. The van der Waals surface area contributed by atoms with E-state index in [2.05, 4.69) is 37.2 Å². The minimum absolute atomic E-state index is 0.0584.